The molecule has 0 amide bonds. The molecule has 0 bridgehead atoms. The first-order chi connectivity index (χ1) is 13.6. The van der Waals surface area contributed by atoms with Gasteiger partial charge in [-0.1, -0.05) is 24.3 Å². The van der Waals surface area contributed by atoms with Gasteiger partial charge in [0.2, 0.25) is 0 Å². The maximum absolute atomic E-state index is 5.73. The van der Waals surface area contributed by atoms with Gasteiger partial charge in [-0.3, -0.25) is 9.97 Å². The fourth-order valence-electron chi connectivity index (χ4n) is 2.72. The van der Waals surface area contributed by atoms with Gasteiger partial charge in [-0.25, -0.2) is 0 Å². The minimum absolute atomic E-state index is 0.687. The second-order valence-corrected chi connectivity index (χ2v) is 7.85. The summed E-state index contributed by atoms with van der Waals surface area (Å²) in [6.07, 6.45) is 3.56. The quantitative estimate of drug-likeness (QED) is 0.278. The number of fused-ring (bicyclic) bond motifs is 2. The first kappa shape index (κ1) is 20.5. The zero-order valence-electron chi connectivity index (χ0n) is 15.3. The number of nitrogens with one attached hydrogen (secondary N) is 1. The predicted molar refractivity (Wildman–Crippen MR) is 124 cm³/mol. The molecule has 7 heteroatoms. The highest BCUT2D eigenvalue weighted by Crippen LogP contribution is 2.23. The summed E-state index contributed by atoms with van der Waals surface area (Å²) in [5.41, 5.74) is 9.34. The van der Waals surface area contributed by atoms with Gasteiger partial charge in [0.1, 0.15) is 0 Å². The largest absolute Gasteiger partial charge is 0.397 e. The number of anilines is 2. The number of hydrogen-bond acceptors (Lipinski definition) is 5. The molecule has 5 nitrogen and oxygen atoms in total. The SMILES string of the molecule is COCCNc1cccc2cc(Br)cnc12.Nc1cccc2cc(Br)cnc12. The zero-order chi connectivity index (χ0) is 19.9. The Kier molecular flexibility index (Phi) is 7.19. The van der Waals surface area contributed by atoms with Crippen LogP contribution >= 0.6 is 31.9 Å². The zero-order valence-corrected chi connectivity index (χ0v) is 18.5. The molecule has 2 aromatic heterocycles. The van der Waals surface area contributed by atoms with Crippen LogP contribution in [0.5, 0.6) is 0 Å². The van der Waals surface area contributed by atoms with E-state index in [4.69, 9.17) is 10.5 Å². The van der Waals surface area contributed by atoms with Gasteiger partial charge in [-0.15, -0.1) is 0 Å². The number of nitrogens with two attached hydrogens (primary N) is 1. The number of benzene rings is 2. The van der Waals surface area contributed by atoms with Crippen LogP contribution in [0, 0.1) is 0 Å². The molecular weight excluding hydrogens is 484 g/mol. The minimum Gasteiger partial charge on any atom is -0.397 e. The Bertz CT molecular complexity index is 1090. The van der Waals surface area contributed by atoms with E-state index >= 15 is 0 Å². The number of pyridine rings is 2. The molecule has 0 saturated carbocycles. The van der Waals surface area contributed by atoms with Crippen LogP contribution in [0.4, 0.5) is 11.4 Å². The fraction of sp³-hybridized carbons (Fsp3) is 0.143. The Balaban J connectivity index is 0.000000167. The third-order valence-electron chi connectivity index (χ3n) is 4.01. The molecule has 4 aromatic rings. The fourth-order valence-corrected chi connectivity index (χ4v) is 3.42. The van der Waals surface area contributed by atoms with E-state index < -0.39 is 0 Å². The number of hydrogen-bond donors (Lipinski definition) is 2. The molecule has 0 fully saturated rings. The summed E-state index contributed by atoms with van der Waals surface area (Å²) < 4.78 is 6.97. The molecule has 2 heterocycles. The summed E-state index contributed by atoms with van der Waals surface area (Å²) >= 11 is 6.77. The maximum atomic E-state index is 5.73. The van der Waals surface area contributed by atoms with Crippen LogP contribution in [-0.4, -0.2) is 30.2 Å². The molecule has 0 atom stereocenters. The Morgan fingerprint density at radius 2 is 1.54 bits per heavy atom. The van der Waals surface area contributed by atoms with Crippen molar-refractivity contribution in [1.29, 1.82) is 0 Å². The molecule has 4 rings (SSSR count). The number of aromatic nitrogens is 2. The first-order valence-corrected chi connectivity index (χ1v) is 10.2. The highest BCUT2D eigenvalue weighted by atomic mass is 79.9. The molecule has 0 unspecified atom stereocenters. The number of rotatable bonds is 4. The maximum Gasteiger partial charge on any atom is 0.0934 e. The summed E-state index contributed by atoms with van der Waals surface area (Å²) in [6.45, 7) is 1.47. The Hall–Kier alpha value is -2.22. The Morgan fingerprint density at radius 1 is 0.929 bits per heavy atom. The van der Waals surface area contributed by atoms with E-state index in [2.05, 4.69) is 59.3 Å². The molecule has 144 valence electrons. The Morgan fingerprint density at radius 3 is 2.21 bits per heavy atom. The van der Waals surface area contributed by atoms with Crippen LogP contribution < -0.4 is 11.1 Å². The van der Waals surface area contributed by atoms with Crippen molar-refractivity contribution < 1.29 is 4.74 Å². The van der Waals surface area contributed by atoms with Crippen LogP contribution in [0.25, 0.3) is 21.8 Å². The Labute approximate surface area is 180 Å². The second-order valence-electron chi connectivity index (χ2n) is 6.02. The van der Waals surface area contributed by atoms with Crippen molar-refractivity contribution >= 4 is 65.0 Å². The van der Waals surface area contributed by atoms with E-state index in [0.717, 1.165) is 48.7 Å². The van der Waals surface area contributed by atoms with E-state index in [-0.39, 0.29) is 0 Å². The van der Waals surface area contributed by atoms with E-state index in [1.165, 1.54) is 0 Å². The van der Waals surface area contributed by atoms with Crippen molar-refractivity contribution in [2.24, 2.45) is 0 Å². The van der Waals surface area contributed by atoms with E-state index in [1.54, 1.807) is 13.3 Å². The van der Waals surface area contributed by atoms with E-state index in [9.17, 15) is 0 Å². The lowest BCUT2D eigenvalue weighted by Crippen LogP contribution is -2.08. The van der Waals surface area contributed by atoms with Crippen molar-refractivity contribution in [3.05, 3.63) is 69.9 Å². The summed E-state index contributed by atoms with van der Waals surface area (Å²) in [7, 11) is 1.69. The summed E-state index contributed by atoms with van der Waals surface area (Å²) in [5.74, 6) is 0. The molecule has 0 aliphatic carbocycles. The normalized spacial score (nSPS) is 10.5. The number of halogens is 2. The molecule has 0 aliphatic rings. The van der Waals surface area contributed by atoms with Crippen LogP contribution in [0.15, 0.2) is 69.9 Å². The molecule has 28 heavy (non-hydrogen) atoms. The lowest BCUT2D eigenvalue weighted by atomic mass is 10.2. The molecule has 0 saturated heterocycles. The van der Waals surface area contributed by atoms with E-state index in [1.807, 2.05) is 42.6 Å². The molecule has 0 spiro atoms. The molecular formula is C21H20Br2N4O. The summed E-state index contributed by atoms with van der Waals surface area (Å²) in [5, 5.41) is 5.49. The van der Waals surface area contributed by atoms with Gasteiger partial charge in [0.05, 0.1) is 29.0 Å². The van der Waals surface area contributed by atoms with Gasteiger partial charge >= 0.3 is 0 Å². The molecule has 2 aromatic carbocycles. The highest BCUT2D eigenvalue weighted by molar-refractivity contribution is 9.10. The number of para-hydroxylation sites is 2. The average Bonchev–Trinajstić information content (AvgIpc) is 2.68. The van der Waals surface area contributed by atoms with Gasteiger partial charge in [-0.05, 0) is 56.1 Å². The predicted octanol–water partition coefficient (Wildman–Crippen LogP) is 5.64. The van der Waals surface area contributed by atoms with Crippen LogP contribution in [0.3, 0.4) is 0 Å². The van der Waals surface area contributed by atoms with Crippen LogP contribution in [0.1, 0.15) is 0 Å². The van der Waals surface area contributed by atoms with Crippen molar-refractivity contribution in [3.8, 4) is 0 Å². The number of ether oxygens (including phenoxy) is 1. The molecule has 0 aliphatic heterocycles. The summed E-state index contributed by atoms with van der Waals surface area (Å²) in [6, 6.07) is 15.9. The monoisotopic (exact) mass is 502 g/mol. The van der Waals surface area contributed by atoms with Crippen LogP contribution in [0.2, 0.25) is 0 Å². The van der Waals surface area contributed by atoms with Gasteiger partial charge in [0.15, 0.2) is 0 Å². The van der Waals surface area contributed by atoms with E-state index in [0.29, 0.717) is 6.61 Å². The van der Waals surface area contributed by atoms with Gasteiger partial charge in [-0.2, -0.15) is 0 Å². The smallest absolute Gasteiger partial charge is 0.0934 e. The van der Waals surface area contributed by atoms with Crippen molar-refractivity contribution in [2.45, 2.75) is 0 Å². The number of nitrogens with zero attached hydrogens (tertiary/aromatic N) is 2. The second kappa shape index (κ2) is 9.82. The average molecular weight is 504 g/mol. The van der Waals surface area contributed by atoms with Gasteiger partial charge in [0.25, 0.3) is 0 Å². The number of nitrogen functional groups attached to an aromatic ring is 1. The standard InChI is InChI=1S/C12H13BrN2O.C9H7BrN2/c1-16-6-5-14-11-4-2-3-9-7-10(13)8-15-12(9)11;10-7-4-6-2-1-3-8(11)9(6)12-5-7/h2-4,7-8,14H,5-6H2,1H3;1-5H,11H2. The van der Waals surface area contributed by atoms with Crippen molar-refractivity contribution in [1.82, 2.24) is 9.97 Å². The topological polar surface area (TPSA) is 73.1 Å². The third-order valence-corrected chi connectivity index (χ3v) is 4.88. The van der Waals surface area contributed by atoms with Crippen LogP contribution in [-0.2, 0) is 4.74 Å². The third kappa shape index (κ3) is 5.19. The minimum atomic E-state index is 0.687. The van der Waals surface area contributed by atoms with Gasteiger partial charge < -0.3 is 15.8 Å². The molecule has 0 radical (unpaired) electrons. The lowest BCUT2D eigenvalue weighted by Gasteiger charge is -2.08. The van der Waals surface area contributed by atoms with Crippen molar-refractivity contribution in [2.75, 3.05) is 31.3 Å². The van der Waals surface area contributed by atoms with Crippen molar-refractivity contribution in [3.63, 3.8) is 0 Å². The first-order valence-electron chi connectivity index (χ1n) is 8.65. The lowest BCUT2D eigenvalue weighted by molar-refractivity contribution is 0.211. The highest BCUT2D eigenvalue weighted by Gasteiger charge is 2.02. The molecule has 3 N–H and O–H groups in total. The number of methoxy groups -OCH3 is 1. The summed E-state index contributed by atoms with van der Waals surface area (Å²) in [4.78, 5) is 8.62. The van der Waals surface area contributed by atoms with Gasteiger partial charge in [0, 0.05) is 45.8 Å².